The predicted molar refractivity (Wildman–Crippen MR) is 68.0 cm³/mol. The molecule has 4 nitrogen and oxygen atoms in total. The molecule has 0 bridgehead atoms. The van der Waals surface area contributed by atoms with Gasteiger partial charge in [-0.25, -0.2) is 13.8 Å². The summed E-state index contributed by atoms with van der Waals surface area (Å²) in [5.41, 5.74) is 5.05. The van der Waals surface area contributed by atoms with E-state index in [0.29, 0.717) is 0 Å². The first-order valence-corrected chi connectivity index (χ1v) is 5.52. The molecule has 1 aromatic carbocycles. The molecule has 2 aromatic rings. The summed E-state index contributed by atoms with van der Waals surface area (Å²) < 4.78 is 26.4. The van der Waals surface area contributed by atoms with Gasteiger partial charge < -0.3 is 11.1 Å². The van der Waals surface area contributed by atoms with Crippen molar-refractivity contribution < 1.29 is 13.6 Å². The number of amides is 1. The van der Waals surface area contributed by atoms with E-state index in [1.54, 1.807) is 0 Å². The van der Waals surface area contributed by atoms with Gasteiger partial charge in [-0.05, 0) is 24.3 Å². The number of anilines is 2. The zero-order chi connectivity index (χ0) is 14.0. The molecule has 0 saturated heterocycles. The minimum atomic E-state index is -0.847. The Balaban J connectivity index is 2.23. The third kappa shape index (κ3) is 2.97. The number of carbonyl (C=O) groups is 1. The number of aromatic nitrogens is 1. The molecule has 0 aliphatic rings. The van der Waals surface area contributed by atoms with Crippen LogP contribution in [-0.2, 0) is 0 Å². The van der Waals surface area contributed by atoms with Crippen LogP contribution in [0, 0.1) is 11.6 Å². The predicted octanol–water partition coefficient (Wildman–Crippen LogP) is 2.85. The molecule has 98 valence electrons. The summed E-state index contributed by atoms with van der Waals surface area (Å²) in [5, 5.41) is 2.44. The number of pyridine rings is 1. The van der Waals surface area contributed by atoms with E-state index in [1.165, 1.54) is 12.1 Å². The molecule has 19 heavy (non-hydrogen) atoms. The number of halogens is 3. The van der Waals surface area contributed by atoms with Gasteiger partial charge in [-0.15, -0.1) is 0 Å². The van der Waals surface area contributed by atoms with Crippen LogP contribution in [0.15, 0.2) is 30.5 Å². The Morgan fingerprint density at radius 2 is 2.00 bits per heavy atom. The molecule has 2 rings (SSSR count). The summed E-state index contributed by atoms with van der Waals surface area (Å²) in [6.07, 6.45) is 1.15. The summed E-state index contributed by atoms with van der Waals surface area (Å²) in [6, 6.07) is 4.59. The van der Waals surface area contributed by atoms with Crippen molar-refractivity contribution in [3.63, 3.8) is 0 Å². The smallest absolute Gasteiger partial charge is 0.277 e. The minimum Gasteiger partial charge on any atom is -0.396 e. The first kappa shape index (κ1) is 13.2. The largest absolute Gasteiger partial charge is 0.396 e. The molecule has 7 heteroatoms. The van der Waals surface area contributed by atoms with E-state index in [4.69, 9.17) is 17.3 Å². The Labute approximate surface area is 112 Å². The van der Waals surface area contributed by atoms with Crippen molar-refractivity contribution in [2.45, 2.75) is 0 Å². The van der Waals surface area contributed by atoms with E-state index >= 15 is 0 Å². The lowest BCUT2D eigenvalue weighted by Gasteiger charge is -2.06. The lowest BCUT2D eigenvalue weighted by molar-refractivity contribution is 0.101. The molecule has 0 atom stereocenters. The highest BCUT2D eigenvalue weighted by atomic mass is 35.5. The second kappa shape index (κ2) is 5.19. The van der Waals surface area contributed by atoms with Gasteiger partial charge in [0.2, 0.25) is 0 Å². The Kier molecular flexibility index (Phi) is 3.62. The number of nitrogens with two attached hydrogens (primary N) is 1. The fourth-order valence-corrected chi connectivity index (χ4v) is 1.54. The second-order valence-corrected chi connectivity index (χ2v) is 4.11. The maximum Gasteiger partial charge on any atom is 0.277 e. The fraction of sp³-hybridized carbons (Fsp3) is 0. The zero-order valence-electron chi connectivity index (χ0n) is 9.45. The van der Waals surface area contributed by atoms with E-state index in [0.717, 1.165) is 18.3 Å². The molecule has 0 aliphatic heterocycles. The third-order valence-electron chi connectivity index (χ3n) is 2.28. The van der Waals surface area contributed by atoms with Gasteiger partial charge in [-0.2, -0.15) is 0 Å². The molecule has 1 amide bonds. The summed E-state index contributed by atoms with van der Waals surface area (Å²) in [5.74, 6) is -2.23. The molecule has 0 saturated carbocycles. The van der Waals surface area contributed by atoms with Crippen LogP contribution in [0.5, 0.6) is 0 Å². The summed E-state index contributed by atoms with van der Waals surface area (Å²) >= 11 is 5.53. The van der Waals surface area contributed by atoms with Crippen molar-refractivity contribution in [2.75, 3.05) is 11.1 Å². The molecule has 3 N–H and O–H groups in total. The van der Waals surface area contributed by atoms with Crippen LogP contribution in [0.3, 0.4) is 0 Å². The molecule has 0 spiro atoms. The van der Waals surface area contributed by atoms with Crippen molar-refractivity contribution >= 4 is 28.9 Å². The highest BCUT2D eigenvalue weighted by molar-refractivity contribution is 6.30. The van der Waals surface area contributed by atoms with Gasteiger partial charge in [0.15, 0.2) is 11.5 Å². The first-order valence-electron chi connectivity index (χ1n) is 5.15. The highest BCUT2D eigenvalue weighted by Crippen LogP contribution is 2.18. The maximum atomic E-state index is 13.5. The highest BCUT2D eigenvalue weighted by Gasteiger charge is 2.14. The number of nitrogens with zero attached hydrogens (tertiary/aromatic N) is 1. The van der Waals surface area contributed by atoms with Gasteiger partial charge >= 0.3 is 0 Å². The molecule has 1 aromatic heterocycles. The van der Waals surface area contributed by atoms with Gasteiger partial charge in [0.05, 0.1) is 10.7 Å². The second-order valence-electron chi connectivity index (χ2n) is 3.67. The van der Waals surface area contributed by atoms with Crippen molar-refractivity contribution in [1.29, 1.82) is 0 Å². The van der Waals surface area contributed by atoms with E-state index in [-0.39, 0.29) is 16.4 Å². The quantitative estimate of drug-likeness (QED) is 0.833. The molecule has 1 heterocycles. The van der Waals surface area contributed by atoms with Crippen LogP contribution in [0.4, 0.5) is 20.2 Å². The monoisotopic (exact) mass is 283 g/mol. The van der Waals surface area contributed by atoms with Crippen LogP contribution >= 0.6 is 11.6 Å². The SMILES string of the molecule is Nc1cc(NC(=O)c2ncc(Cl)cc2F)ccc1F. The average Bonchev–Trinajstić information content (AvgIpc) is 2.33. The topological polar surface area (TPSA) is 68.0 Å². The maximum absolute atomic E-state index is 13.5. The lowest BCUT2D eigenvalue weighted by atomic mass is 10.2. The zero-order valence-corrected chi connectivity index (χ0v) is 10.2. The molecule has 0 unspecified atom stereocenters. The van der Waals surface area contributed by atoms with E-state index in [1.807, 2.05) is 0 Å². The number of nitrogen functional groups attached to an aromatic ring is 1. The summed E-state index contributed by atoms with van der Waals surface area (Å²) in [4.78, 5) is 15.3. The Hall–Kier alpha value is -2.21. The first-order chi connectivity index (χ1) is 8.97. The Morgan fingerprint density at radius 1 is 1.26 bits per heavy atom. The Bertz CT molecular complexity index is 649. The van der Waals surface area contributed by atoms with Crippen molar-refractivity contribution in [1.82, 2.24) is 4.98 Å². The van der Waals surface area contributed by atoms with Crippen LogP contribution in [-0.4, -0.2) is 10.9 Å². The molecular weight excluding hydrogens is 276 g/mol. The average molecular weight is 284 g/mol. The van der Waals surface area contributed by atoms with E-state index in [2.05, 4.69) is 10.3 Å². The van der Waals surface area contributed by atoms with Gasteiger partial charge in [0, 0.05) is 11.9 Å². The fourth-order valence-electron chi connectivity index (χ4n) is 1.39. The van der Waals surface area contributed by atoms with E-state index in [9.17, 15) is 13.6 Å². The summed E-state index contributed by atoms with van der Waals surface area (Å²) in [7, 11) is 0. The van der Waals surface area contributed by atoms with Gasteiger partial charge in [-0.1, -0.05) is 11.6 Å². The molecule has 0 radical (unpaired) electrons. The number of carbonyl (C=O) groups excluding carboxylic acids is 1. The van der Waals surface area contributed by atoms with Crippen molar-refractivity contribution in [3.05, 3.63) is 52.8 Å². The van der Waals surface area contributed by atoms with Crippen LogP contribution in [0.2, 0.25) is 5.02 Å². The van der Waals surface area contributed by atoms with Crippen molar-refractivity contribution in [2.24, 2.45) is 0 Å². The van der Waals surface area contributed by atoms with Crippen LogP contribution in [0.25, 0.3) is 0 Å². The molecular formula is C12H8ClF2N3O. The normalized spacial score (nSPS) is 10.3. The lowest BCUT2D eigenvalue weighted by Crippen LogP contribution is -2.15. The molecule has 0 fully saturated rings. The number of rotatable bonds is 2. The van der Waals surface area contributed by atoms with E-state index < -0.39 is 23.2 Å². The van der Waals surface area contributed by atoms with Crippen molar-refractivity contribution in [3.8, 4) is 0 Å². The Morgan fingerprint density at radius 3 is 2.63 bits per heavy atom. The molecule has 0 aliphatic carbocycles. The number of hydrogen-bond acceptors (Lipinski definition) is 3. The summed E-state index contributed by atoms with van der Waals surface area (Å²) in [6.45, 7) is 0. The van der Waals surface area contributed by atoms with Gasteiger partial charge in [0.1, 0.15) is 5.82 Å². The van der Waals surface area contributed by atoms with Gasteiger partial charge in [0.25, 0.3) is 5.91 Å². The van der Waals surface area contributed by atoms with Crippen LogP contribution in [0.1, 0.15) is 10.5 Å². The number of benzene rings is 1. The van der Waals surface area contributed by atoms with Crippen LogP contribution < -0.4 is 11.1 Å². The minimum absolute atomic E-state index is 0.0834. The standard InChI is InChI=1S/C12H8ClF2N3O/c13-6-3-9(15)11(17-5-6)12(19)18-7-1-2-8(14)10(16)4-7/h1-5H,16H2,(H,18,19). The number of hydrogen-bond donors (Lipinski definition) is 2. The number of nitrogens with one attached hydrogen (secondary N) is 1. The third-order valence-corrected chi connectivity index (χ3v) is 2.48. The van der Waals surface area contributed by atoms with Gasteiger partial charge in [-0.3, -0.25) is 4.79 Å².